The Labute approximate surface area is 125 Å². The van der Waals surface area contributed by atoms with Gasteiger partial charge in [-0.05, 0) is 23.5 Å². The van der Waals surface area contributed by atoms with Crippen LogP contribution in [0, 0.1) is 11.8 Å². The summed E-state index contributed by atoms with van der Waals surface area (Å²) >= 11 is 0. The highest BCUT2D eigenvalue weighted by molar-refractivity contribution is 5.65. The lowest BCUT2D eigenvalue weighted by Gasteiger charge is -2.20. The van der Waals surface area contributed by atoms with Crippen molar-refractivity contribution in [3.63, 3.8) is 0 Å². The third-order valence-corrected chi connectivity index (χ3v) is 4.69. The minimum atomic E-state index is 0.585. The van der Waals surface area contributed by atoms with Crippen molar-refractivity contribution in [2.45, 2.75) is 12.6 Å². The van der Waals surface area contributed by atoms with Gasteiger partial charge in [-0.15, -0.1) is 0 Å². The SMILES string of the molecule is Nc1cnccc1NC1C2CN(Cc3ccccc3)CC21. The number of rotatable bonds is 4. The Morgan fingerprint density at radius 2 is 1.90 bits per heavy atom. The Balaban J connectivity index is 1.33. The van der Waals surface area contributed by atoms with Crippen LogP contribution in [0.3, 0.4) is 0 Å². The Bertz CT molecular complexity index is 616. The quantitative estimate of drug-likeness (QED) is 0.901. The van der Waals surface area contributed by atoms with Crippen molar-refractivity contribution in [2.24, 2.45) is 11.8 Å². The number of hydrogen-bond donors (Lipinski definition) is 2. The molecule has 1 aromatic heterocycles. The number of pyridine rings is 1. The predicted octanol–water partition coefficient (Wildman–Crippen LogP) is 2.21. The van der Waals surface area contributed by atoms with Crippen LogP contribution in [0.2, 0.25) is 0 Å². The molecule has 4 nitrogen and oxygen atoms in total. The van der Waals surface area contributed by atoms with E-state index in [0.717, 1.165) is 29.8 Å². The molecule has 1 aromatic carbocycles. The van der Waals surface area contributed by atoms with Crippen molar-refractivity contribution in [3.05, 3.63) is 54.4 Å². The van der Waals surface area contributed by atoms with Crippen LogP contribution in [0.1, 0.15) is 5.56 Å². The van der Waals surface area contributed by atoms with Crippen LogP contribution in [-0.2, 0) is 6.54 Å². The molecule has 0 radical (unpaired) electrons. The molecule has 1 aliphatic heterocycles. The zero-order valence-corrected chi connectivity index (χ0v) is 11.9. The van der Waals surface area contributed by atoms with E-state index in [-0.39, 0.29) is 0 Å². The second kappa shape index (κ2) is 5.04. The average molecular weight is 280 g/mol. The molecule has 4 heteroatoms. The minimum Gasteiger partial charge on any atom is -0.396 e. The van der Waals surface area contributed by atoms with Crippen molar-refractivity contribution >= 4 is 11.4 Å². The number of nitrogens with one attached hydrogen (secondary N) is 1. The van der Waals surface area contributed by atoms with E-state index in [0.29, 0.717) is 6.04 Å². The summed E-state index contributed by atoms with van der Waals surface area (Å²) in [5, 5.41) is 3.58. The maximum absolute atomic E-state index is 5.94. The molecule has 2 fully saturated rings. The molecule has 4 rings (SSSR count). The molecular weight excluding hydrogens is 260 g/mol. The molecule has 2 heterocycles. The van der Waals surface area contributed by atoms with Gasteiger partial charge in [0.15, 0.2) is 0 Å². The first-order chi connectivity index (χ1) is 10.3. The normalized spacial score (nSPS) is 27.3. The van der Waals surface area contributed by atoms with Gasteiger partial charge in [0.1, 0.15) is 0 Å². The number of benzene rings is 1. The number of nitrogens with two attached hydrogens (primary N) is 1. The Hall–Kier alpha value is -2.07. The van der Waals surface area contributed by atoms with Crippen LogP contribution in [0.5, 0.6) is 0 Å². The number of anilines is 2. The van der Waals surface area contributed by atoms with E-state index in [4.69, 9.17) is 5.73 Å². The van der Waals surface area contributed by atoms with E-state index in [1.165, 1.54) is 18.7 Å². The lowest BCUT2D eigenvalue weighted by molar-refractivity contribution is 0.293. The van der Waals surface area contributed by atoms with Crippen molar-refractivity contribution in [3.8, 4) is 0 Å². The number of fused-ring (bicyclic) bond motifs is 1. The molecule has 2 aromatic rings. The summed E-state index contributed by atoms with van der Waals surface area (Å²) in [6, 6.07) is 13.3. The van der Waals surface area contributed by atoms with Gasteiger partial charge in [-0.3, -0.25) is 9.88 Å². The molecule has 2 unspecified atom stereocenters. The maximum Gasteiger partial charge on any atom is 0.0736 e. The number of nitrogen functional groups attached to an aromatic ring is 1. The second-order valence-electron chi connectivity index (χ2n) is 6.14. The highest BCUT2D eigenvalue weighted by Gasteiger charge is 2.55. The summed E-state index contributed by atoms with van der Waals surface area (Å²) in [4.78, 5) is 6.58. The summed E-state index contributed by atoms with van der Waals surface area (Å²) in [6.07, 6.45) is 3.50. The summed E-state index contributed by atoms with van der Waals surface area (Å²) < 4.78 is 0. The fourth-order valence-electron chi connectivity index (χ4n) is 3.52. The smallest absolute Gasteiger partial charge is 0.0736 e. The van der Waals surface area contributed by atoms with Gasteiger partial charge in [0.05, 0.1) is 17.6 Å². The molecule has 2 atom stereocenters. The van der Waals surface area contributed by atoms with E-state index >= 15 is 0 Å². The third-order valence-electron chi connectivity index (χ3n) is 4.69. The molecule has 108 valence electrons. The van der Waals surface area contributed by atoms with Crippen LogP contribution in [0.4, 0.5) is 11.4 Å². The monoisotopic (exact) mass is 280 g/mol. The predicted molar refractivity (Wildman–Crippen MR) is 84.8 cm³/mol. The molecule has 1 aliphatic carbocycles. The van der Waals surface area contributed by atoms with Gasteiger partial charge in [-0.2, -0.15) is 0 Å². The van der Waals surface area contributed by atoms with Crippen molar-refractivity contribution in [1.82, 2.24) is 9.88 Å². The zero-order chi connectivity index (χ0) is 14.2. The number of hydrogen-bond acceptors (Lipinski definition) is 4. The molecule has 3 N–H and O–H groups in total. The maximum atomic E-state index is 5.94. The number of aromatic nitrogens is 1. The fourth-order valence-corrected chi connectivity index (χ4v) is 3.52. The van der Waals surface area contributed by atoms with Gasteiger partial charge < -0.3 is 11.1 Å². The topological polar surface area (TPSA) is 54.2 Å². The molecule has 1 saturated carbocycles. The molecule has 0 amide bonds. The van der Waals surface area contributed by atoms with Gasteiger partial charge >= 0.3 is 0 Å². The van der Waals surface area contributed by atoms with Crippen LogP contribution >= 0.6 is 0 Å². The first-order valence-corrected chi connectivity index (χ1v) is 7.53. The molecule has 0 spiro atoms. The Kier molecular flexibility index (Phi) is 3.04. The van der Waals surface area contributed by atoms with Crippen molar-refractivity contribution < 1.29 is 0 Å². The minimum absolute atomic E-state index is 0.585. The Morgan fingerprint density at radius 3 is 2.62 bits per heavy atom. The molecule has 0 bridgehead atoms. The first kappa shape index (κ1) is 12.7. The van der Waals surface area contributed by atoms with Crippen molar-refractivity contribution in [1.29, 1.82) is 0 Å². The third kappa shape index (κ3) is 2.47. The van der Waals surface area contributed by atoms with Crippen LogP contribution in [0.15, 0.2) is 48.8 Å². The van der Waals surface area contributed by atoms with Gasteiger partial charge in [-0.25, -0.2) is 0 Å². The number of nitrogens with zero attached hydrogens (tertiary/aromatic N) is 2. The highest BCUT2D eigenvalue weighted by Crippen LogP contribution is 2.47. The van der Waals surface area contributed by atoms with Gasteiger partial charge in [0.2, 0.25) is 0 Å². The van der Waals surface area contributed by atoms with Crippen LogP contribution in [0.25, 0.3) is 0 Å². The van der Waals surface area contributed by atoms with Crippen molar-refractivity contribution in [2.75, 3.05) is 24.1 Å². The molecule has 21 heavy (non-hydrogen) atoms. The largest absolute Gasteiger partial charge is 0.396 e. The lowest BCUT2D eigenvalue weighted by atomic mass is 10.2. The first-order valence-electron chi connectivity index (χ1n) is 7.53. The fraction of sp³-hybridized carbons (Fsp3) is 0.353. The Morgan fingerprint density at radius 1 is 1.14 bits per heavy atom. The van der Waals surface area contributed by atoms with Crippen LogP contribution in [-0.4, -0.2) is 29.0 Å². The summed E-state index contributed by atoms with van der Waals surface area (Å²) in [7, 11) is 0. The van der Waals surface area contributed by atoms with E-state index < -0.39 is 0 Å². The summed E-state index contributed by atoms with van der Waals surface area (Å²) in [6.45, 7) is 3.43. The van der Waals surface area contributed by atoms with Gasteiger partial charge in [-0.1, -0.05) is 30.3 Å². The number of likely N-dealkylation sites (tertiary alicyclic amines) is 1. The zero-order valence-electron chi connectivity index (χ0n) is 11.9. The molecule has 1 saturated heterocycles. The lowest BCUT2D eigenvalue weighted by Crippen LogP contribution is -2.27. The van der Waals surface area contributed by atoms with Crippen LogP contribution < -0.4 is 11.1 Å². The second-order valence-corrected chi connectivity index (χ2v) is 6.14. The van der Waals surface area contributed by atoms with E-state index in [2.05, 4.69) is 45.5 Å². The van der Waals surface area contributed by atoms with E-state index in [1.54, 1.807) is 12.4 Å². The molecule has 2 aliphatic rings. The summed E-state index contributed by atoms with van der Waals surface area (Å²) in [5.41, 5.74) is 9.11. The van der Waals surface area contributed by atoms with Gasteiger partial charge in [0, 0.05) is 31.9 Å². The molecular formula is C17H20N4. The van der Waals surface area contributed by atoms with Gasteiger partial charge in [0.25, 0.3) is 0 Å². The average Bonchev–Trinajstić information content (AvgIpc) is 2.94. The van der Waals surface area contributed by atoms with E-state index in [1.807, 2.05) is 6.07 Å². The summed E-state index contributed by atoms with van der Waals surface area (Å²) in [5.74, 6) is 1.53. The number of piperidine rings is 1. The highest BCUT2D eigenvalue weighted by atomic mass is 15.2. The standard InChI is InChI=1S/C17H20N4/c18-15-8-19-7-6-16(15)20-17-13-10-21(11-14(13)17)9-12-4-2-1-3-5-12/h1-8,13-14,17H,9-11,18H2,(H,19,20). The van der Waals surface area contributed by atoms with E-state index in [9.17, 15) is 0 Å².